The van der Waals surface area contributed by atoms with Crippen LogP contribution in [0.3, 0.4) is 0 Å². The third kappa shape index (κ3) is 3.07. The van der Waals surface area contributed by atoms with Crippen molar-refractivity contribution < 1.29 is 9.18 Å². The lowest BCUT2D eigenvalue weighted by Crippen LogP contribution is -2.12. The number of thiazole rings is 1. The molecule has 2 aromatic heterocycles. The minimum Gasteiger partial charge on any atom is -0.360 e. The van der Waals surface area contributed by atoms with E-state index in [0.29, 0.717) is 5.13 Å². The minimum atomic E-state index is -0.708. The Kier molecular flexibility index (Phi) is 4.40. The largest absolute Gasteiger partial charge is 0.360 e. The lowest BCUT2D eigenvalue weighted by molar-refractivity contribution is 0.102. The van der Waals surface area contributed by atoms with Crippen molar-refractivity contribution in [3.8, 4) is 11.3 Å². The smallest absolute Gasteiger partial charge is 0.259 e. The first-order valence-electron chi connectivity index (χ1n) is 7.51. The SMILES string of the molecule is O=C(Nc1nc(-c2c[nH]c3ccccc23)cs1)c1cc(F)c(Cl)cc1Cl. The normalized spacial score (nSPS) is 11.0. The molecule has 4 nitrogen and oxygen atoms in total. The number of aromatic nitrogens is 2. The summed E-state index contributed by atoms with van der Waals surface area (Å²) >= 11 is 12.9. The maximum Gasteiger partial charge on any atom is 0.259 e. The molecule has 0 saturated carbocycles. The van der Waals surface area contributed by atoms with Gasteiger partial charge in [0.05, 0.1) is 21.3 Å². The molecule has 130 valence electrons. The van der Waals surface area contributed by atoms with E-state index in [2.05, 4.69) is 15.3 Å². The van der Waals surface area contributed by atoms with Crippen molar-refractivity contribution >= 4 is 56.5 Å². The lowest BCUT2D eigenvalue weighted by atomic mass is 10.1. The molecule has 0 saturated heterocycles. The number of anilines is 1. The number of rotatable bonds is 3. The molecular formula is C18H10Cl2FN3OS. The quantitative estimate of drug-likeness (QED) is 0.411. The van der Waals surface area contributed by atoms with Gasteiger partial charge < -0.3 is 4.98 Å². The number of hydrogen-bond acceptors (Lipinski definition) is 3. The van der Waals surface area contributed by atoms with Crippen LogP contribution in [0.25, 0.3) is 22.2 Å². The van der Waals surface area contributed by atoms with Gasteiger partial charge in [0.25, 0.3) is 5.91 Å². The molecule has 0 aliphatic carbocycles. The summed E-state index contributed by atoms with van der Waals surface area (Å²) in [6.07, 6.45) is 1.87. The van der Waals surface area contributed by atoms with E-state index in [1.807, 2.05) is 35.8 Å². The van der Waals surface area contributed by atoms with Crippen LogP contribution in [-0.2, 0) is 0 Å². The highest BCUT2D eigenvalue weighted by Crippen LogP contribution is 2.31. The van der Waals surface area contributed by atoms with Gasteiger partial charge in [-0.15, -0.1) is 11.3 Å². The Morgan fingerprint density at radius 3 is 2.85 bits per heavy atom. The summed E-state index contributed by atoms with van der Waals surface area (Å²) in [7, 11) is 0. The Labute approximate surface area is 161 Å². The van der Waals surface area contributed by atoms with E-state index < -0.39 is 11.7 Å². The van der Waals surface area contributed by atoms with Crippen LogP contribution >= 0.6 is 34.5 Å². The van der Waals surface area contributed by atoms with Gasteiger partial charge in [-0.2, -0.15) is 0 Å². The summed E-state index contributed by atoms with van der Waals surface area (Å²) < 4.78 is 13.6. The summed E-state index contributed by atoms with van der Waals surface area (Å²) in [6, 6.07) is 10.1. The summed E-state index contributed by atoms with van der Waals surface area (Å²) in [6.45, 7) is 0. The van der Waals surface area contributed by atoms with E-state index in [4.69, 9.17) is 23.2 Å². The van der Waals surface area contributed by atoms with Crippen LogP contribution in [0.15, 0.2) is 48.0 Å². The topological polar surface area (TPSA) is 57.8 Å². The van der Waals surface area contributed by atoms with Crippen molar-refractivity contribution in [2.75, 3.05) is 5.32 Å². The van der Waals surface area contributed by atoms with Crippen molar-refractivity contribution in [2.45, 2.75) is 0 Å². The number of carbonyl (C=O) groups is 1. The number of benzene rings is 2. The molecule has 8 heteroatoms. The summed E-state index contributed by atoms with van der Waals surface area (Å²) in [5.41, 5.74) is 2.67. The van der Waals surface area contributed by atoms with Gasteiger partial charge >= 0.3 is 0 Å². The van der Waals surface area contributed by atoms with Crippen LogP contribution < -0.4 is 5.32 Å². The molecule has 0 aliphatic heterocycles. The van der Waals surface area contributed by atoms with Crippen molar-refractivity contribution in [2.24, 2.45) is 0 Å². The van der Waals surface area contributed by atoms with Crippen molar-refractivity contribution in [1.29, 1.82) is 0 Å². The Hall–Kier alpha value is -2.41. The Balaban J connectivity index is 1.61. The number of halogens is 3. The first-order valence-corrected chi connectivity index (χ1v) is 9.14. The number of amides is 1. The zero-order valence-electron chi connectivity index (χ0n) is 13.0. The molecule has 1 amide bonds. The van der Waals surface area contributed by atoms with Crippen molar-refractivity contribution in [3.63, 3.8) is 0 Å². The van der Waals surface area contributed by atoms with Crippen molar-refractivity contribution in [1.82, 2.24) is 9.97 Å². The number of nitrogens with one attached hydrogen (secondary N) is 2. The predicted molar refractivity (Wildman–Crippen MR) is 104 cm³/mol. The van der Waals surface area contributed by atoms with E-state index in [1.54, 1.807) is 0 Å². The monoisotopic (exact) mass is 405 g/mol. The van der Waals surface area contributed by atoms with Gasteiger partial charge in [-0.05, 0) is 18.2 Å². The number of aromatic amines is 1. The maximum absolute atomic E-state index is 13.6. The molecule has 2 aromatic carbocycles. The van der Waals surface area contributed by atoms with Gasteiger partial charge in [-0.25, -0.2) is 9.37 Å². The highest BCUT2D eigenvalue weighted by molar-refractivity contribution is 7.14. The van der Waals surface area contributed by atoms with Crippen LogP contribution in [0.4, 0.5) is 9.52 Å². The third-order valence-electron chi connectivity index (χ3n) is 3.84. The van der Waals surface area contributed by atoms with Gasteiger partial charge in [-0.1, -0.05) is 41.4 Å². The molecule has 4 rings (SSSR count). The van der Waals surface area contributed by atoms with Crippen LogP contribution in [0.2, 0.25) is 10.0 Å². The molecule has 0 spiro atoms. The molecule has 26 heavy (non-hydrogen) atoms. The summed E-state index contributed by atoms with van der Waals surface area (Å²) in [5.74, 6) is -1.26. The Morgan fingerprint density at radius 2 is 2.00 bits per heavy atom. The predicted octanol–water partition coefficient (Wildman–Crippen LogP) is 5.99. The lowest BCUT2D eigenvalue weighted by Gasteiger charge is -2.05. The van der Waals surface area contributed by atoms with E-state index in [-0.39, 0.29) is 15.6 Å². The molecule has 0 fully saturated rings. The van der Waals surface area contributed by atoms with E-state index in [9.17, 15) is 9.18 Å². The third-order valence-corrected chi connectivity index (χ3v) is 5.20. The maximum atomic E-state index is 13.6. The molecular weight excluding hydrogens is 396 g/mol. The molecule has 0 atom stereocenters. The Morgan fingerprint density at radius 1 is 1.19 bits per heavy atom. The second-order valence-corrected chi connectivity index (χ2v) is 7.16. The zero-order valence-corrected chi connectivity index (χ0v) is 15.3. The second kappa shape index (κ2) is 6.72. The van der Waals surface area contributed by atoms with Crippen LogP contribution in [-0.4, -0.2) is 15.9 Å². The van der Waals surface area contributed by atoms with E-state index in [0.717, 1.165) is 28.2 Å². The first-order chi connectivity index (χ1) is 12.5. The molecule has 0 unspecified atom stereocenters. The number of para-hydroxylation sites is 1. The molecule has 0 bridgehead atoms. The van der Waals surface area contributed by atoms with E-state index in [1.165, 1.54) is 17.4 Å². The molecule has 0 aliphatic rings. The fourth-order valence-electron chi connectivity index (χ4n) is 2.60. The number of nitrogens with zero attached hydrogens (tertiary/aromatic N) is 1. The standard InChI is InChI=1S/C18H10Cl2FN3OS/c19-12-6-13(20)14(21)5-10(12)17(25)24-18-23-16(8-26-18)11-7-22-15-4-2-1-3-9(11)15/h1-8,22H,(H,23,24,25). The molecule has 0 radical (unpaired) electrons. The van der Waals surface area contributed by atoms with Gasteiger partial charge in [0.2, 0.25) is 0 Å². The molecule has 2 heterocycles. The molecule has 2 N–H and O–H groups in total. The fourth-order valence-corrected chi connectivity index (χ4v) is 3.77. The first kappa shape index (κ1) is 17.0. The zero-order chi connectivity index (χ0) is 18.3. The fraction of sp³-hybridized carbons (Fsp3) is 0. The van der Waals surface area contributed by atoms with Gasteiger partial charge in [-0.3, -0.25) is 10.1 Å². The number of fused-ring (bicyclic) bond motifs is 1. The number of hydrogen-bond donors (Lipinski definition) is 2. The van der Waals surface area contributed by atoms with E-state index >= 15 is 0 Å². The average Bonchev–Trinajstić information content (AvgIpc) is 3.24. The number of carbonyl (C=O) groups excluding carboxylic acids is 1. The van der Waals surface area contributed by atoms with Crippen LogP contribution in [0.1, 0.15) is 10.4 Å². The van der Waals surface area contributed by atoms with Gasteiger partial charge in [0, 0.05) is 28.0 Å². The highest BCUT2D eigenvalue weighted by Gasteiger charge is 2.16. The van der Waals surface area contributed by atoms with Gasteiger partial charge in [0.15, 0.2) is 5.13 Å². The van der Waals surface area contributed by atoms with Gasteiger partial charge in [0.1, 0.15) is 5.82 Å². The van der Waals surface area contributed by atoms with Crippen LogP contribution in [0.5, 0.6) is 0 Å². The summed E-state index contributed by atoms with van der Waals surface area (Å²) in [5, 5.41) is 5.85. The van der Waals surface area contributed by atoms with Crippen molar-refractivity contribution in [3.05, 3.63) is 69.4 Å². The number of H-pyrrole nitrogens is 1. The highest BCUT2D eigenvalue weighted by atomic mass is 35.5. The molecule has 4 aromatic rings. The van der Waals surface area contributed by atoms with Crippen LogP contribution in [0, 0.1) is 5.82 Å². The Bertz CT molecular complexity index is 1140. The minimum absolute atomic E-state index is 0.00240. The average molecular weight is 406 g/mol. The summed E-state index contributed by atoms with van der Waals surface area (Å²) in [4.78, 5) is 20.0. The second-order valence-electron chi connectivity index (χ2n) is 5.49.